The third kappa shape index (κ3) is 2.91. The van der Waals surface area contributed by atoms with Crippen LogP contribution in [-0.2, 0) is 0 Å². The average molecular weight is 235 g/mol. The normalized spacial score (nSPS) is 16.6. The zero-order valence-corrected chi connectivity index (χ0v) is 10.6. The Morgan fingerprint density at radius 2 is 2.18 bits per heavy atom. The van der Waals surface area contributed by atoms with Crippen molar-refractivity contribution in [1.82, 2.24) is 0 Å². The second kappa shape index (κ2) is 5.41. The smallest absolute Gasteiger partial charge is 0.165 e. The second-order valence-electron chi connectivity index (χ2n) is 4.67. The largest absolute Gasteiger partial charge is 0.493 e. The molecule has 1 atom stereocenters. The zero-order valence-electron chi connectivity index (χ0n) is 10.6. The molecule has 1 aliphatic rings. The van der Waals surface area contributed by atoms with Gasteiger partial charge in [0, 0.05) is 5.56 Å². The van der Waals surface area contributed by atoms with Crippen LogP contribution in [-0.4, -0.2) is 19.8 Å². The summed E-state index contributed by atoms with van der Waals surface area (Å²) in [6.45, 7) is 2.88. The molecule has 1 fully saturated rings. The molecule has 0 aromatic heterocycles. The van der Waals surface area contributed by atoms with Gasteiger partial charge in [-0.15, -0.1) is 0 Å². The predicted octanol–water partition coefficient (Wildman–Crippen LogP) is 2.69. The van der Waals surface area contributed by atoms with Crippen LogP contribution in [0.25, 0.3) is 0 Å². The first kappa shape index (κ1) is 12.2. The van der Waals surface area contributed by atoms with Gasteiger partial charge in [0.05, 0.1) is 13.2 Å². The molecule has 1 aromatic rings. The van der Waals surface area contributed by atoms with Gasteiger partial charge in [-0.2, -0.15) is 0 Å². The van der Waals surface area contributed by atoms with E-state index in [9.17, 15) is 0 Å². The summed E-state index contributed by atoms with van der Waals surface area (Å²) in [5.74, 6) is 2.15. The maximum Gasteiger partial charge on any atom is 0.165 e. The molecule has 2 rings (SSSR count). The Bertz CT molecular complexity index is 374. The number of para-hydroxylation sites is 1. The van der Waals surface area contributed by atoms with E-state index in [1.165, 1.54) is 5.56 Å². The summed E-state index contributed by atoms with van der Waals surface area (Å²) in [5, 5.41) is 0. The van der Waals surface area contributed by atoms with Crippen LogP contribution in [0.5, 0.6) is 11.5 Å². The van der Waals surface area contributed by atoms with Crippen molar-refractivity contribution >= 4 is 0 Å². The van der Waals surface area contributed by atoms with Gasteiger partial charge >= 0.3 is 0 Å². The highest BCUT2D eigenvalue weighted by atomic mass is 16.5. The molecule has 3 nitrogen and oxygen atoms in total. The van der Waals surface area contributed by atoms with Crippen LogP contribution in [0.1, 0.15) is 37.7 Å². The first-order valence-corrected chi connectivity index (χ1v) is 6.30. The molecule has 0 radical (unpaired) electrons. The van der Waals surface area contributed by atoms with Crippen molar-refractivity contribution in [2.45, 2.75) is 38.2 Å². The van der Waals surface area contributed by atoms with E-state index in [2.05, 4.69) is 13.0 Å². The number of benzene rings is 1. The van der Waals surface area contributed by atoms with Crippen LogP contribution in [0.3, 0.4) is 0 Å². The van der Waals surface area contributed by atoms with Gasteiger partial charge in [0.15, 0.2) is 11.5 Å². The minimum atomic E-state index is 0.384. The van der Waals surface area contributed by atoms with Crippen molar-refractivity contribution in [2.24, 2.45) is 5.73 Å². The standard InChI is InChI=1S/C14H21NO2/c1-10(8-9-15)12-4-3-5-13(16-2)14(12)17-11-6-7-11/h3-5,10-11H,6-9,15H2,1-2H3. The van der Waals surface area contributed by atoms with Crippen LogP contribution in [0.4, 0.5) is 0 Å². The third-order valence-corrected chi connectivity index (χ3v) is 3.17. The van der Waals surface area contributed by atoms with Gasteiger partial charge in [-0.1, -0.05) is 19.1 Å². The van der Waals surface area contributed by atoms with Gasteiger partial charge in [-0.25, -0.2) is 0 Å². The maximum absolute atomic E-state index is 5.98. The Hall–Kier alpha value is -1.22. The minimum Gasteiger partial charge on any atom is -0.493 e. The van der Waals surface area contributed by atoms with Crippen LogP contribution in [0.2, 0.25) is 0 Å². The van der Waals surface area contributed by atoms with Gasteiger partial charge in [0.25, 0.3) is 0 Å². The van der Waals surface area contributed by atoms with Crippen molar-refractivity contribution in [3.63, 3.8) is 0 Å². The molecule has 94 valence electrons. The Kier molecular flexibility index (Phi) is 3.89. The molecule has 0 saturated heterocycles. The highest BCUT2D eigenvalue weighted by Crippen LogP contribution is 2.40. The van der Waals surface area contributed by atoms with E-state index in [1.807, 2.05) is 12.1 Å². The van der Waals surface area contributed by atoms with E-state index < -0.39 is 0 Å². The van der Waals surface area contributed by atoms with Gasteiger partial charge in [-0.05, 0) is 37.8 Å². The molecule has 0 spiro atoms. The van der Waals surface area contributed by atoms with E-state index in [-0.39, 0.29) is 0 Å². The average Bonchev–Trinajstić information content (AvgIpc) is 3.13. The van der Waals surface area contributed by atoms with Crippen LogP contribution < -0.4 is 15.2 Å². The Balaban J connectivity index is 2.27. The molecule has 1 aromatic carbocycles. The van der Waals surface area contributed by atoms with Gasteiger partial charge in [0.2, 0.25) is 0 Å². The fourth-order valence-corrected chi connectivity index (χ4v) is 1.97. The zero-order chi connectivity index (χ0) is 12.3. The summed E-state index contributed by atoms with van der Waals surface area (Å²) < 4.78 is 11.4. The summed E-state index contributed by atoms with van der Waals surface area (Å²) in [6.07, 6.45) is 3.66. The molecule has 3 heteroatoms. The Morgan fingerprint density at radius 1 is 1.41 bits per heavy atom. The Labute approximate surface area is 103 Å². The number of nitrogens with two attached hydrogens (primary N) is 1. The summed E-state index contributed by atoms with van der Waals surface area (Å²) in [4.78, 5) is 0. The molecule has 1 saturated carbocycles. The molecule has 2 N–H and O–H groups in total. The molecule has 1 unspecified atom stereocenters. The van der Waals surface area contributed by atoms with Crippen LogP contribution in [0, 0.1) is 0 Å². The topological polar surface area (TPSA) is 44.5 Å². The number of methoxy groups -OCH3 is 1. The van der Waals surface area contributed by atoms with Crippen LogP contribution in [0.15, 0.2) is 18.2 Å². The van der Waals surface area contributed by atoms with Crippen LogP contribution >= 0.6 is 0 Å². The fourth-order valence-electron chi connectivity index (χ4n) is 1.97. The van der Waals surface area contributed by atoms with Crippen molar-refractivity contribution in [3.05, 3.63) is 23.8 Å². The Morgan fingerprint density at radius 3 is 2.76 bits per heavy atom. The van der Waals surface area contributed by atoms with Gasteiger partial charge < -0.3 is 15.2 Å². The summed E-state index contributed by atoms with van der Waals surface area (Å²) in [5.41, 5.74) is 6.84. The monoisotopic (exact) mass is 235 g/mol. The highest BCUT2D eigenvalue weighted by Gasteiger charge is 2.27. The van der Waals surface area contributed by atoms with Crippen molar-refractivity contribution in [2.75, 3.05) is 13.7 Å². The number of ether oxygens (including phenoxy) is 2. The fraction of sp³-hybridized carbons (Fsp3) is 0.571. The number of hydrogen-bond donors (Lipinski definition) is 1. The maximum atomic E-state index is 5.98. The minimum absolute atomic E-state index is 0.384. The van der Waals surface area contributed by atoms with E-state index in [1.54, 1.807) is 7.11 Å². The van der Waals surface area contributed by atoms with Gasteiger partial charge in [0.1, 0.15) is 0 Å². The molecule has 1 aliphatic carbocycles. The molecule has 0 aliphatic heterocycles. The SMILES string of the molecule is COc1cccc(C(C)CCN)c1OC1CC1. The van der Waals surface area contributed by atoms with E-state index in [0.717, 1.165) is 30.8 Å². The predicted molar refractivity (Wildman–Crippen MR) is 68.7 cm³/mol. The highest BCUT2D eigenvalue weighted by molar-refractivity contribution is 5.48. The third-order valence-electron chi connectivity index (χ3n) is 3.17. The lowest BCUT2D eigenvalue weighted by atomic mass is 9.96. The van der Waals surface area contributed by atoms with Gasteiger partial charge in [-0.3, -0.25) is 0 Å². The van der Waals surface area contributed by atoms with Crippen molar-refractivity contribution in [1.29, 1.82) is 0 Å². The van der Waals surface area contributed by atoms with Crippen molar-refractivity contribution < 1.29 is 9.47 Å². The molecule has 0 amide bonds. The van der Waals surface area contributed by atoms with E-state index >= 15 is 0 Å². The molecular formula is C14H21NO2. The van der Waals surface area contributed by atoms with Crippen molar-refractivity contribution in [3.8, 4) is 11.5 Å². The number of rotatable bonds is 6. The number of hydrogen-bond acceptors (Lipinski definition) is 3. The first-order valence-electron chi connectivity index (χ1n) is 6.30. The molecule has 17 heavy (non-hydrogen) atoms. The summed E-state index contributed by atoms with van der Waals surface area (Å²) >= 11 is 0. The lowest BCUT2D eigenvalue weighted by Gasteiger charge is -2.18. The lowest BCUT2D eigenvalue weighted by molar-refractivity contribution is 0.277. The first-order chi connectivity index (χ1) is 8.26. The van der Waals surface area contributed by atoms with E-state index in [4.69, 9.17) is 15.2 Å². The summed E-state index contributed by atoms with van der Waals surface area (Å²) in [7, 11) is 1.69. The second-order valence-corrected chi connectivity index (χ2v) is 4.67. The quantitative estimate of drug-likeness (QED) is 0.824. The molecule has 0 heterocycles. The van der Waals surface area contributed by atoms with E-state index in [0.29, 0.717) is 18.6 Å². The lowest BCUT2D eigenvalue weighted by Crippen LogP contribution is -2.08. The molecular weight excluding hydrogens is 214 g/mol. The molecule has 0 bridgehead atoms. The summed E-state index contributed by atoms with van der Waals surface area (Å²) in [6, 6.07) is 6.08.